The van der Waals surface area contributed by atoms with Crippen LogP contribution >= 0.6 is 0 Å². The number of anilines is 1. The van der Waals surface area contributed by atoms with E-state index in [9.17, 15) is 14.7 Å². The second kappa shape index (κ2) is 6.04. The number of carboxylic acid groups (broad SMARTS) is 1. The number of carboxylic acids is 1. The number of rotatable bonds is 3. The summed E-state index contributed by atoms with van der Waals surface area (Å²) in [7, 11) is 0. The van der Waals surface area contributed by atoms with Crippen LogP contribution in [0.5, 0.6) is 5.75 Å². The smallest absolute Gasteiger partial charge is 0.339 e. The zero-order valence-electron chi connectivity index (χ0n) is 12.9. The maximum Gasteiger partial charge on any atom is 0.339 e. The van der Waals surface area contributed by atoms with Gasteiger partial charge in [0, 0.05) is 11.3 Å². The van der Waals surface area contributed by atoms with Crippen LogP contribution in [0.1, 0.15) is 26.3 Å². The van der Waals surface area contributed by atoms with Crippen LogP contribution in [0.2, 0.25) is 0 Å². The molecule has 0 heterocycles. The maximum absolute atomic E-state index is 12.4. The zero-order valence-corrected chi connectivity index (χ0v) is 12.9. The fraction of sp³-hybridized carbons (Fsp3) is 0.0526. The van der Waals surface area contributed by atoms with Crippen LogP contribution in [-0.2, 0) is 0 Å². The summed E-state index contributed by atoms with van der Waals surface area (Å²) in [5.74, 6) is -1.90. The van der Waals surface area contributed by atoms with Crippen molar-refractivity contribution in [2.75, 3.05) is 5.32 Å². The Morgan fingerprint density at radius 1 is 0.958 bits per heavy atom. The van der Waals surface area contributed by atoms with Gasteiger partial charge in [-0.2, -0.15) is 0 Å². The van der Waals surface area contributed by atoms with Crippen LogP contribution in [0.4, 0.5) is 5.69 Å². The van der Waals surface area contributed by atoms with Gasteiger partial charge >= 0.3 is 5.97 Å². The molecule has 120 valence electrons. The summed E-state index contributed by atoms with van der Waals surface area (Å²) in [4.78, 5) is 23.6. The van der Waals surface area contributed by atoms with Gasteiger partial charge < -0.3 is 15.5 Å². The second-order valence-electron chi connectivity index (χ2n) is 5.51. The molecule has 3 rings (SSSR count). The summed E-state index contributed by atoms with van der Waals surface area (Å²) in [6.07, 6.45) is 0. The fourth-order valence-electron chi connectivity index (χ4n) is 2.55. The van der Waals surface area contributed by atoms with Crippen molar-refractivity contribution >= 4 is 28.3 Å². The van der Waals surface area contributed by atoms with Crippen LogP contribution in [-0.4, -0.2) is 22.1 Å². The number of fused-ring (bicyclic) bond motifs is 1. The van der Waals surface area contributed by atoms with E-state index in [1.165, 1.54) is 12.1 Å². The molecule has 0 radical (unpaired) electrons. The van der Waals surface area contributed by atoms with E-state index >= 15 is 0 Å². The number of aryl methyl sites for hydroxylation is 1. The summed E-state index contributed by atoms with van der Waals surface area (Å²) in [6.45, 7) is 1.58. The minimum atomic E-state index is -1.25. The molecule has 3 aromatic carbocycles. The predicted molar refractivity (Wildman–Crippen MR) is 91.7 cm³/mol. The van der Waals surface area contributed by atoms with Crippen molar-refractivity contribution in [3.63, 3.8) is 0 Å². The topological polar surface area (TPSA) is 86.6 Å². The summed E-state index contributed by atoms with van der Waals surface area (Å²) >= 11 is 0. The molecule has 0 atom stereocenters. The molecule has 0 aliphatic heterocycles. The molecule has 3 N–H and O–H groups in total. The average Bonchev–Trinajstić information content (AvgIpc) is 2.57. The largest absolute Gasteiger partial charge is 0.507 e. The highest BCUT2D eigenvalue weighted by atomic mass is 16.4. The predicted octanol–water partition coefficient (Wildman–Crippen LogP) is 3.80. The highest BCUT2D eigenvalue weighted by molar-refractivity contribution is 6.07. The number of hydrogen-bond donors (Lipinski definition) is 3. The number of aromatic carboxylic acids is 1. The van der Waals surface area contributed by atoms with Crippen LogP contribution in [0, 0.1) is 6.92 Å². The molecule has 0 aliphatic carbocycles. The van der Waals surface area contributed by atoms with Gasteiger partial charge in [-0.1, -0.05) is 30.3 Å². The lowest BCUT2D eigenvalue weighted by molar-refractivity contribution is 0.0693. The average molecular weight is 321 g/mol. The molecule has 1 amide bonds. The number of phenols is 1. The van der Waals surface area contributed by atoms with E-state index < -0.39 is 5.97 Å². The quantitative estimate of drug-likeness (QED) is 0.640. The van der Waals surface area contributed by atoms with Gasteiger partial charge in [-0.25, -0.2) is 4.79 Å². The zero-order chi connectivity index (χ0) is 17.3. The number of hydrogen-bond acceptors (Lipinski definition) is 3. The van der Waals surface area contributed by atoms with E-state index in [0.717, 1.165) is 10.8 Å². The Kier molecular flexibility index (Phi) is 3.92. The highest BCUT2D eigenvalue weighted by Crippen LogP contribution is 2.27. The molecular formula is C19H15NO4. The minimum absolute atomic E-state index is 0.246. The summed E-state index contributed by atoms with van der Waals surface area (Å²) < 4.78 is 0. The van der Waals surface area contributed by atoms with Gasteiger partial charge in [-0.05, 0) is 47.5 Å². The third-order valence-corrected chi connectivity index (χ3v) is 3.80. The standard InChI is InChI=1S/C19H15NO4/c1-11-8-15(10-16(17(11)21)19(23)24)20-18(22)14-7-6-12-4-2-3-5-13(12)9-14/h2-10,21H,1H3,(H,20,22)(H,23,24). The lowest BCUT2D eigenvalue weighted by Crippen LogP contribution is -2.12. The van der Waals surface area contributed by atoms with Crippen LogP contribution in [0.3, 0.4) is 0 Å². The summed E-state index contributed by atoms with van der Waals surface area (Å²) in [5, 5.41) is 23.5. The van der Waals surface area contributed by atoms with Crippen molar-refractivity contribution in [2.24, 2.45) is 0 Å². The molecule has 0 aromatic heterocycles. The van der Waals surface area contributed by atoms with E-state index in [2.05, 4.69) is 5.32 Å². The molecule has 3 aromatic rings. The monoisotopic (exact) mass is 321 g/mol. The highest BCUT2D eigenvalue weighted by Gasteiger charge is 2.15. The Morgan fingerprint density at radius 3 is 2.38 bits per heavy atom. The van der Waals surface area contributed by atoms with E-state index in [0.29, 0.717) is 16.8 Å². The number of nitrogens with one attached hydrogen (secondary N) is 1. The molecule has 5 nitrogen and oxygen atoms in total. The summed E-state index contributed by atoms with van der Waals surface area (Å²) in [5.41, 5.74) is 0.921. The summed E-state index contributed by atoms with van der Waals surface area (Å²) in [6, 6.07) is 15.8. The Bertz CT molecular complexity index is 963. The fourth-order valence-corrected chi connectivity index (χ4v) is 2.55. The van der Waals surface area contributed by atoms with Crippen molar-refractivity contribution in [1.82, 2.24) is 0 Å². The van der Waals surface area contributed by atoms with E-state index in [-0.39, 0.29) is 17.2 Å². The molecule has 0 unspecified atom stereocenters. The first-order valence-corrected chi connectivity index (χ1v) is 7.33. The number of benzene rings is 3. The molecule has 0 saturated heterocycles. The van der Waals surface area contributed by atoms with Crippen LogP contribution in [0.25, 0.3) is 10.8 Å². The lowest BCUT2D eigenvalue weighted by atomic mass is 10.1. The van der Waals surface area contributed by atoms with Gasteiger partial charge in [0.25, 0.3) is 5.91 Å². The number of carbonyl (C=O) groups is 2. The van der Waals surface area contributed by atoms with E-state index in [1.54, 1.807) is 19.1 Å². The van der Waals surface area contributed by atoms with Gasteiger partial charge in [0.15, 0.2) is 0 Å². The van der Waals surface area contributed by atoms with Gasteiger partial charge in [0.05, 0.1) is 0 Å². The molecule has 0 aliphatic rings. The van der Waals surface area contributed by atoms with Crippen molar-refractivity contribution < 1.29 is 19.8 Å². The van der Waals surface area contributed by atoms with E-state index in [4.69, 9.17) is 5.11 Å². The molecule has 0 saturated carbocycles. The molecule has 5 heteroatoms. The second-order valence-corrected chi connectivity index (χ2v) is 5.51. The van der Waals surface area contributed by atoms with Crippen molar-refractivity contribution in [3.8, 4) is 5.75 Å². The molecule has 0 spiro atoms. The Labute approximate surface area is 138 Å². The maximum atomic E-state index is 12.4. The van der Waals surface area contributed by atoms with Crippen LogP contribution in [0.15, 0.2) is 54.6 Å². The van der Waals surface area contributed by atoms with Crippen LogP contribution < -0.4 is 5.32 Å². The SMILES string of the molecule is Cc1cc(NC(=O)c2ccc3ccccc3c2)cc(C(=O)O)c1O. The Hall–Kier alpha value is -3.34. The number of aromatic hydroxyl groups is 1. The molecular weight excluding hydrogens is 306 g/mol. The molecule has 0 bridgehead atoms. The first-order valence-electron chi connectivity index (χ1n) is 7.33. The molecule has 24 heavy (non-hydrogen) atoms. The number of carbonyl (C=O) groups excluding carboxylic acids is 1. The molecule has 0 fully saturated rings. The van der Waals surface area contributed by atoms with Crippen molar-refractivity contribution in [2.45, 2.75) is 6.92 Å². The van der Waals surface area contributed by atoms with Gasteiger partial charge in [-0.15, -0.1) is 0 Å². The minimum Gasteiger partial charge on any atom is -0.507 e. The normalized spacial score (nSPS) is 10.5. The van der Waals surface area contributed by atoms with E-state index in [1.807, 2.05) is 30.3 Å². The lowest BCUT2D eigenvalue weighted by Gasteiger charge is -2.10. The van der Waals surface area contributed by atoms with Gasteiger partial charge in [0.1, 0.15) is 11.3 Å². The van der Waals surface area contributed by atoms with Gasteiger partial charge in [0.2, 0.25) is 0 Å². The Morgan fingerprint density at radius 2 is 1.67 bits per heavy atom. The van der Waals surface area contributed by atoms with Gasteiger partial charge in [-0.3, -0.25) is 4.79 Å². The van der Waals surface area contributed by atoms with Crippen molar-refractivity contribution in [3.05, 3.63) is 71.3 Å². The van der Waals surface area contributed by atoms with Crippen molar-refractivity contribution in [1.29, 1.82) is 0 Å². The third kappa shape index (κ3) is 2.92. The first-order chi connectivity index (χ1) is 11.5. The third-order valence-electron chi connectivity index (χ3n) is 3.80. The first kappa shape index (κ1) is 15.6. The Balaban J connectivity index is 1.92. The number of amides is 1.